The lowest BCUT2D eigenvalue weighted by molar-refractivity contribution is -0.00454. The molecule has 2 unspecified atom stereocenters. The number of hydrogen-bond donors (Lipinski definition) is 0. The van der Waals surface area contributed by atoms with Crippen molar-refractivity contribution in [2.75, 3.05) is 31.1 Å². The van der Waals surface area contributed by atoms with Gasteiger partial charge in [0.15, 0.2) is 0 Å². The van der Waals surface area contributed by atoms with Gasteiger partial charge in [0.2, 0.25) is 0 Å². The van der Waals surface area contributed by atoms with Crippen LogP contribution in [0.15, 0.2) is 24.3 Å². The van der Waals surface area contributed by atoms with Crippen molar-refractivity contribution < 1.29 is 0 Å². The van der Waals surface area contributed by atoms with Crippen LogP contribution in [0, 0.1) is 5.92 Å². The summed E-state index contributed by atoms with van der Waals surface area (Å²) in [6.07, 6.45) is 14.3. The maximum atomic E-state index is 2.78. The predicted molar refractivity (Wildman–Crippen MR) is 164 cm³/mol. The molecular weight excluding hydrogens is 450 g/mol. The number of nitrogens with zero attached hydrogens (tertiary/aromatic N) is 3. The summed E-state index contributed by atoms with van der Waals surface area (Å²) in [6.45, 7) is 26.0. The molecular formula is C34H61N3. The molecule has 3 aliphatic heterocycles. The molecule has 212 valence electrons. The third kappa shape index (κ3) is 8.72. The highest BCUT2D eigenvalue weighted by atomic mass is 15.2. The number of fused-ring (bicyclic) bond motifs is 2. The maximum absolute atomic E-state index is 2.78. The molecule has 1 saturated carbocycles. The van der Waals surface area contributed by atoms with Gasteiger partial charge in [0.05, 0.1) is 0 Å². The van der Waals surface area contributed by atoms with E-state index in [0.717, 1.165) is 12.0 Å². The number of piperidine rings is 2. The van der Waals surface area contributed by atoms with E-state index in [0.29, 0.717) is 11.1 Å². The Hall–Kier alpha value is -1.06. The molecule has 3 heterocycles. The van der Waals surface area contributed by atoms with Crippen molar-refractivity contribution >= 4 is 5.69 Å². The highest BCUT2D eigenvalue weighted by molar-refractivity contribution is 5.59. The third-order valence-corrected chi connectivity index (χ3v) is 9.11. The molecule has 1 aromatic rings. The Labute approximate surface area is 231 Å². The van der Waals surface area contributed by atoms with Crippen LogP contribution in [0.2, 0.25) is 0 Å². The van der Waals surface area contributed by atoms with Crippen LogP contribution >= 0.6 is 0 Å². The van der Waals surface area contributed by atoms with Crippen molar-refractivity contribution in [1.29, 1.82) is 0 Å². The average molecular weight is 512 g/mol. The van der Waals surface area contributed by atoms with Crippen molar-refractivity contribution in [2.45, 2.75) is 149 Å². The molecule has 0 spiro atoms. The third-order valence-electron chi connectivity index (χ3n) is 9.11. The van der Waals surface area contributed by atoms with Gasteiger partial charge in [-0.25, -0.2) is 0 Å². The van der Waals surface area contributed by atoms with Crippen LogP contribution < -0.4 is 4.90 Å². The fourth-order valence-electron chi connectivity index (χ4n) is 7.06. The molecule has 5 rings (SSSR count). The van der Waals surface area contributed by atoms with Gasteiger partial charge in [-0.3, -0.25) is 9.80 Å². The number of benzene rings is 1. The monoisotopic (exact) mass is 511 g/mol. The van der Waals surface area contributed by atoms with Gasteiger partial charge in [0.1, 0.15) is 0 Å². The molecule has 3 heteroatoms. The van der Waals surface area contributed by atoms with Crippen molar-refractivity contribution in [3.63, 3.8) is 0 Å². The zero-order valence-corrected chi connectivity index (χ0v) is 26.2. The number of rotatable bonds is 0. The molecule has 0 radical (unpaired) electrons. The van der Waals surface area contributed by atoms with Crippen LogP contribution in [0.25, 0.3) is 0 Å². The van der Waals surface area contributed by atoms with Crippen LogP contribution in [0.5, 0.6) is 0 Å². The number of anilines is 1. The minimum absolute atomic E-state index is 0.257. The zero-order valence-electron chi connectivity index (χ0n) is 26.2. The largest absolute Gasteiger partial charge is 0.366 e. The first-order valence-electron chi connectivity index (χ1n) is 15.7. The SMILES string of the molecule is CC(C)(C)N1CCCC2CCCCC21.CC(C)(C)N1CCCCC1.CC(C)(C)N1CCc2ccccc21. The van der Waals surface area contributed by atoms with Gasteiger partial charge in [-0.1, -0.05) is 37.5 Å². The van der Waals surface area contributed by atoms with Gasteiger partial charge in [-0.15, -0.1) is 0 Å². The molecule has 1 aliphatic carbocycles. The predicted octanol–water partition coefficient (Wildman–Crippen LogP) is 8.56. The summed E-state index contributed by atoms with van der Waals surface area (Å²) in [5.74, 6) is 1.02. The van der Waals surface area contributed by atoms with Crippen molar-refractivity contribution in [1.82, 2.24) is 9.80 Å². The Balaban J connectivity index is 0.000000157. The second-order valence-electron chi connectivity index (χ2n) is 15.0. The number of likely N-dealkylation sites (tertiary alicyclic amines) is 2. The minimum Gasteiger partial charge on any atom is -0.366 e. The van der Waals surface area contributed by atoms with Gasteiger partial charge < -0.3 is 4.90 Å². The summed E-state index contributed by atoms with van der Waals surface area (Å²) in [5, 5.41) is 0. The number of para-hydroxylation sites is 1. The van der Waals surface area contributed by atoms with E-state index in [9.17, 15) is 0 Å². The molecule has 3 fully saturated rings. The van der Waals surface area contributed by atoms with E-state index in [1.165, 1.54) is 102 Å². The normalized spacial score (nSPS) is 25.3. The molecule has 4 aliphatic rings. The van der Waals surface area contributed by atoms with Gasteiger partial charge in [-0.05, 0) is 144 Å². The van der Waals surface area contributed by atoms with Crippen LogP contribution in [0.1, 0.15) is 126 Å². The highest BCUT2D eigenvalue weighted by Gasteiger charge is 2.37. The lowest BCUT2D eigenvalue weighted by Crippen LogP contribution is -2.54. The first-order chi connectivity index (χ1) is 17.3. The van der Waals surface area contributed by atoms with Gasteiger partial charge in [-0.2, -0.15) is 0 Å². The fourth-order valence-corrected chi connectivity index (χ4v) is 7.06. The summed E-state index contributed by atoms with van der Waals surface area (Å²) in [5.41, 5.74) is 3.97. The maximum Gasteiger partial charge on any atom is 0.0403 e. The summed E-state index contributed by atoms with van der Waals surface area (Å²) < 4.78 is 0. The highest BCUT2D eigenvalue weighted by Crippen LogP contribution is 2.38. The van der Waals surface area contributed by atoms with E-state index in [4.69, 9.17) is 0 Å². The molecule has 2 saturated heterocycles. The summed E-state index contributed by atoms with van der Waals surface area (Å²) in [4.78, 5) is 7.85. The zero-order chi connectivity index (χ0) is 27.3. The molecule has 0 N–H and O–H groups in total. The van der Waals surface area contributed by atoms with Gasteiger partial charge in [0, 0.05) is 34.9 Å². The van der Waals surface area contributed by atoms with Crippen LogP contribution in [-0.4, -0.2) is 58.6 Å². The standard InChI is InChI=1S/C13H25N.C12H17N.C9H19N/c1-13(2,3)14-10-6-8-11-7-4-5-9-12(11)14;1-12(2,3)13-9-8-10-6-4-5-7-11(10)13;1-9(2,3)10-7-5-4-6-8-10/h11-12H,4-10H2,1-3H3;4-7H,8-9H2,1-3H3;4-8H2,1-3H3. The van der Waals surface area contributed by atoms with Crippen LogP contribution in [0.3, 0.4) is 0 Å². The molecule has 37 heavy (non-hydrogen) atoms. The van der Waals surface area contributed by atoms with E-state index in [2.05, 4.69) is 101 Å². The molecule has 1 aromatic carbocycles. The van der Waals surface area contributed by atoms with Crippen LogP contribution in [-0.2, 0) is 6.42 Å². The second-order valence-corrected chi connectivity index (χ2v) is 15.0. The topological polar surface area (TPSA) is 9.72 Å². The first kappa shape index (κ1) is 30.5. The van der Waals surface area contributed by atoms with E-state index in [1.807, 2.05) is 0 Å². The molecule has 0 amide bonds. The summed E-state index contributed by atoms with van der Waals surface area (Å²) >= 11 is 0. The van der Waals surface area contributed by atoms with Crippen molar-refractivity contribution in [2.24, 2.45) is 5.92 Å². The Kier molecular flexibility index (Phi) is 10.6. The lowest BCUT2D eigenvalue weighted by Gasteiger charge is -2.50. The Morgan fingerprint density at radius 3 is 1.81 bits per heavy atom. The summed E-state index contributed by atoms with van der Waals surface area (Å²) in [6, 6.07) is 9.64. The van der Waals surface area contributed by atoms with Crippen molar-refractivity contribution in [3.8, 4) is 0 Å². The first-order valence-corrected chi connectivity index (χ1v) is 15.7. The smallest absolute Gasteiger partial charge is 0.0403 e. The average Bonchev–Trinajstić information content (AvgIpc) is 3.29. The van der Waals surface area contributed by atoms with Crippen LogP contribution in [0.4, 0.5) is 5.69 Å². The van der Waals surface area contributed by atoms with Gasteiger partial charge in [0.25, 0.3) is 0 Å². The molecule has 2 atom stereocenters. The Morgan fingerprint density at radius 1 is 0.595 bits per heavy atom. The quantitative estimate of drug-likeness (QED) is 0.345. The second kappa shape index (κ2) is 12.9. The molecule has 0 aromatic heterocycles. The van der Waals surface area contributed by atoms with E-state index in [-0.39, 0.29) is 5.54 Å². The Bertz CT molecular complexity index is 802. The summed E-state index contributed by atoms with van der Waals surface area (Å²) in [7, 11) is 0. The number of hydrogen-bond acceptors (Lipinski definition) is 3. The van der Waals surface area contributed by atoms with Crippen molar-refractivity contribution in [3.05, 3.63) is 29.8 Å². The van der Waals surface area contributed by atoms with Gasteiger partial charge >= 0.3 is 0 Å². The molecule has 0 bridgehead atoms. The fraction of sp³-hybridized carbons (Fsp3) is 0.824. The Morgan fingerprint density at radius 2 is 1.22 bits per heavy atom. The van der Waals surface area contributed by atoms with E-state index >= 15 is 0 Å². The minimum atomic E-state index is 0.257. The lowest BCUT2D eigenvalue weighted by atomic mass is 9.76. The van der Waals surface area contributed by atoms with E-state index in [1.54, 1.807) is 0 Å². The molecule has 3 nitrogen and oxygen atoms in total. The van der Waals surface area contributed by atoms with E-state index < -0.39 is 0 Å².